The van der Waals surface area contributed by atoms with Crippen LogP contribution in [0.25, 0.3) is 16.8 Å². The van der Waals surface area contributed by atoms with Crippen LogP contribution in [-0.2, 0) is 4.74 Å². The Balaban J connectivity index is 2.02. The number of carbonyl (C=O) groups excluding carboxylic acids is 1. The van der Waals surface area contributed by atoms with E-state index >= 15 is 0 Å². The first kappa shape index (κ1) is 16.8. The summed E-state index contributed by atoms with van der Waals surface area (Å²) < 4.78 is 11.1. The maximum absolute atomic E-state index is 11.4. The molecule has 2 aromatic heterocycles. The van der Waals surface area contributed by atoms with Crippen molar-refractivity contribution in [1.29, 1.82) is 0 Å². The van der Waals surface area contributed by atoms with Crippen molar-refractivity contribution in [1.82, 2.24) is 14.6 Å². The maximum Gasteiger partial charge on any atom is 0.515 e. The molecule has 0 unspecified atom stereocenters. The van der Waals surface area contributed by atoms with Crippen LogP contribution in [0.15, 0.2) is 30.5 Å². The summed E-state index contributed by atoms with van der Waals surface area (Å²) in [7, 11) is 0. The smallest absolute Gasteiger partial charge is 0.434 e. The van der Waals surface area contributed by atoms with Gasteiger partial charge in [-0.25, -0.2) is 14.3 Å². The average Bonchev–Trinajstić information content (AvgIpc) is 2.90. The van der Waals surface area contributed by atoms with Gasteiger partial charge < -0.3 is 9.47 Å². The largest absolute Gasteiger partial charge is 0.515 e. The van der Waals surface area contributed by atoms with E-state index < -0.39 is 6.16 Å². The number of benzene rings is 1. The van der Waals surface area contributed by atoms with Crippen LogP contribution in [0.3, 0.4) is 0 Å². The molecule has 2 heterocycles. The third kappa shape index (κ3) is 3.40. The Labute approximate surface area is 151 Å². The summed E-state index contributed by atoms with van der Waals surface area (Å²) in [4.78, 5) is 15.7. The van der Waals surface area contributed by atoms with E-state index in [0.717, 1.165) is 0 Å². The van der Waals surface area contributed by atoms with Gasteiger partial charge >= 0.3 is 6.16 Å². The summed E-state index contributed by atoms with van der Waals surface area (Å²) >= 11 is 18.3. The first-order chi connectivity index (χ1) is 11.5. The number of hydrogen-bond acceptors (Lipinski definition) is 5. The normalized spacial score (nSPS) is 10.8. The SMILES string of the molecule is CCOC(=O)Oc1cc2c(Cl)nc(-c3ccc(Cl)cc3Cl)cn2n1. The van der Waals surface area contributed by atoms with E-state index in [2.05, 4.69) is 10.1 Å². The van der Waals surface area contributed by atoms with Gasteiger partial charge in [-0.05, 0) is 25.1 Å². The number of hydrogen-bond donors (Lipinski definition) is 0. The molecular formula is C15H10Cl3N3O3. The van der Waals surface area contributed by atoms with E-state index in [9.17, 15) is 4.79 Å². The van der Waals surface area contributed by atoms with Gasteiger partial charge in [0.25, 0.3) is 0 Å². The molecule has 0 amide bonds. The first-order valence-electron chi connectivity index (χ1n) is 6.84. The molecule has 6 nitrogen and oxygen atoms in total. The molecule has 124 valence electrons. The molecule has 24 heavy (non-hydrogen) atoms. The molecule has 0 aliphatic carbocycles. The average molecular weight is 387 g/mol. The predicted octanol–water partition coefficient (Wildman–Crippen LogP) is 4.89. The van der Waals surface area contributed by atoms with E-state index in [1.165, 1.54) is 10.6 Å². The van der Waals surface area contributed by atoms with Gasteiger partial charge in [0, 0.05) is 16.7 Å². The zero-order valence-corrected chi connectivity index (χ0v) is 14.6. The molecule has 0 saturated carbocycles. The number of halogens is 3. The number of ether oxygens (including phenoxy) is 2. The Morgan fingerprint density at radius 2 is 2.04 bits per heavy atom. The van der Waals surface area contributed by atoms with Crippen molar-refractivity contribution < 1.29 is 14.3 Å². The lowest BCUT2D eigenvalue weighted by molar-refractivity contribution is 0.102. The fraction of sp³-hybridized carbons (Fsp3) is 0.133. The molecule has 0 N–H and O–H groups in total. The number of fused-ring (bicyclic) bond motifs is 1. The van der Waals surface area contributed by atoms with Crippen LogP contribution in [0, 0.1) is 0 Å². The molecule has 0 spiro atoms. The second kappa shape index (κ2) is 6.84. The quantitative estimate of drug-likeness (QED) is 0.599. The Morgan fingerprint density at radius 1 is 1.25 bits per heavy atom. The topological polar surface area (TPSA) is 65.7 Å². The molecule has 3 aromatic rings. The molecule has 0 saturated heterocycles. The second-order valence-corrected chi connectivity index (χ2v) is 5.84. The van der Waals surface area contributed by atoms with Gasteiger partial charge in [0.15, 0.2) is 5.15 Å². The standard InChI is InChI=1S/C15H10Cl3N3O3/c1-2-23-15(22)24-13-6-12-14(18)19-11(7-21(12)20-13)9-4-3-8(16)5-10(9)17/h3-7H,2H2,1H3. The highest BCUT2D eigenvalue weighted by Crippen LogP contribution is 2.31. The predicted molar refractivity (Wildman–Crippen MR) is 91.1 cm³/mol. The van der Waals surface area contributed by atoms with E-state index in [4.69, 9.17) is 44.3 Å². The molecule has 1 aromatic carbocycles. The van der Waals surface area contributed by atoms with Gasteiger partial charge in [0.1, 0.15) is 5.52 Å². The van der Waals surface area contributed by atoms with Gasteiger partial charge in [0.2, 0.25) is 5.88 Å². The van der Waals surface area contributed by atoms with Crippen LogP contribution >= 0.6 is 34.8 Å². The van der Waals surface area contributed by atoms with Crippen molar-refractivity contribution in [2.45, 2.75) is 6.92 Å². The molecule has 0 bridgehead atoms. The monoisotopic (exact) mass is 385 g/mol. The summed E-state index contributed by atoms with van der Waals surface area (Å²) in [5.74, 6) is 0.0523. The minimum absolute atomic E-state index is 0.0523. The third-order valence-corrected chi connectivity index (χ3v) is 3.87. The van der Waals surface area contributed by atoms with Crippen LogP contribution in [0.2, 0.25) is 15.2 Å². The molecule has 9 heteroatoms. The van der Waals surface area contributed by atoms with Crippen LogP contribution in [0.1, 0.15) is 6.92 Å². The van der Waals surface area contributed by atoms with Gasteiger partial charge in [-0.1, -0.05) is 34.8 Å². The summed E-state index contributed by atoms with van der Waals surface area (Å²) in [5.41, 5.74) is 1.62. The van der Waals surface area contributed by atoms with E-state index in [-0.39, 0.29) is 17.6 Å². The summed E-state index contributed by atoms with van der Waals surface area (Å²) in [6.45, 7) is 1.88. The Hall–Kier alpha value is -2.02. The Bertz CT molecular complexity index is 927. The zero-order valence-electron chi connectivity index (χ0n) is 12.3. The fourth-order valence-electron chi connectivity index (χ4n) is 2.04. The van der Waals surface area contributed by atoms with Crippen molar-refractivity contribution in [2.75, 3.05) is 6.61 Å². The van der Waals surface area contributed by atoms with Crippen molar-refractivity contribution in [3.8, 4) is 17.1 Å². The van der Waals surface area contributed by atoms with E-state index in [0.29, 0.717) is 26.8 Å². The highest BCUT2D eigenvalue weighted by Gasteiger charge is 2.15. The lowest BCUT2D eigenvalue weighted by Crippen LogP contribution is -2.10. The highest BCUT2D eigenvalue weighted by molar-refractivity contribution is 6.36. The van der Waals surface area contributed by atoms with E-state index in [1.807, 2.05) is 0 Å². The molecule has 0 fully saturated rings. The molecule has 0 aliphatic heterocycles. The lowest BCUT2D eigenvalue weighted by atomic mass is 10.1. The fourth-order valence-corrected chi connectivity index (χ4v) is 2.78. The third-order valence-electron chi connectivity index (χ3n) is 3.05. The lowest BCUT2D eigenvalue weighted by Gasteiger charge is -2.05. The van der Waals surface area contributed by atoms with Gasteiger partial charge in [0.05, 0.1) is 23.5 Å². The van der Waals surface area contributed by atoms with Crippen LogP contribution in [0.5, 0.6) is 5.88 Å². The summed E-state index contributed by atoms with van der Waals surface area (Å²) in [6, 6.07) is 6.52. The molecule has 0 radical (unpaired) electrons. The zero-order chi connectivity index (χ0) is 17.3. The number of rotatable bonds is 3. The first-order valence-corrected chi connectivity index (χ1v) is 7.97. The summed E-state index contributed by atoms with van der Waals surface area (Å²) in [6.07, 6.45) is 0.778. The summed E-state index contributed by atoms with van der Waals surface area (Å²) in [5, 5.41) is 5.26. The van der Waals surface area contributed by atoms with Crippen molar-refractivity contribution in [3.05, 3.63) is 45.7 Å². The maximum atomic E-state index is 11.4. The van der Waals surface area contributed by atoms with Gasteiger partial charge in [-0.15, -0.1) is 5.10 Å². The van der Waals surface area contributed by atoms with Crippen molar-refractivity contribution in [3.63, 3.8) is 0 Å². The second-order valence-electron chi connectivity index (χ2n) is 4.64. The molecular weight excluding hydrogens is 377 g/mol. The van der Waals surface area contributed by atoms with Crippen LogP contribution in [0.4, 0.5) is 4.79 Å². The number of carbonyl (C=O) groups is 1. The molecule has 0 aliphatic rings. The van der Waals surface area contributed by atoms with Gasteiger partial charge in [-0.3, -0.25) is 0 Å². The Kier molecular flexibility index (Phi) is 4.80. The minimum Gasteiger partial charge on any atom is -0.434 e. The molecule has 3 rings (SSSR count). The highest BCUT2D eigenvalue weighted by atomic mass is 35.5. The molecule has 0 atom stereocenters. The van der Waals surface area contributed by atoms with Crippen LogP contribution < -0.4 is 4.74 Å². The van der Waals surface area contributed by atoms with Gasteiger partial charge in [-0.2, -0.15) is 0 Å². The minimum atomic E-state index is -0.842. The van der Waals surface area contributed by atoms with E-state index in [1.54, 1.807) is 31.3 Å². The van der Waals surface area contributed by atoms with Crippen LogP contribution in [-0.4, -0.2) is 27.4 Å². The number of aromatic nitrogens is 3. The van der Waals surface area contributed by atoms with Crippen molar-refractivity contribution >= 4 is 46.5 Å². The Morgan fingerprint density at radius 3 is 2.75 bits per heavy atom. The number of nitrogens with zero attached hydrogens (tertiary/aromatic N) is 3. The van der Waals surface area contributed by atoms with Crippen molar-refractivity contribution in [2.24, 2.45) is 0 Å².